The van der Waals surface area contributed by atoms with Crippen molar-refractivity contribution in [3.8, 4) is 0 Å². The normalized spacial score (nSPS) is 11.8. The first kappa shape index (κ1) is 25.9. The molecule has 0 saturated carbocycles. The van der Waals surface area contributed by atoms with E-state index in [2.05, 4.69) is 34.5 Å². The molecule has 0 unspecified atom stereocenters. The van der Waals surface area contributed by atoms with Gasteiger partial charge in [-0.2, -0.15) is 18.2 Å². The van der Waals surface area contributed by atoms with Gasteiger partial charge in [0.1, 0.15) is 0 Å². The maximum absolute atomic E-state index is 12.6. The van der Waals surface area contributed by atoms with Crippen molar-refractivity contribution >= 4 is 0 Å². The molecule has 183 valence electrons. The third-order valence-electron chi connectivity index (χ3n) is 5.78. The minimum absolute atomic E-state index is 0.387. The number of hydrogen-bond donors (Lipinski definition) is 0. The predicted molar refractivity (Wildman–Crippen MR) is 126 cm³/mol. The van der Waals surface area contributed by atoms with Crippen molar-refractivity contribution in [3.05, 3.63) is 82.5 Å². The molecule has 1 heterocycles. The molecule has 7 heteroatoms. The lowest BCUT2D eigenvalue weighted by atomic mass is 10.1. The molecular weight excluding hydrogens is 439 g/mol. The van der Waals surface area contributed by atoms with Crippen LogP contribution in [0.1, 0.15) is 79.4 Å². The summed E-state index contributed by atoms with van der Waals surface area (Å²) < 4.78 is 43.3. The number of hydrogen-bond acceptors (Lipinski definition) is 3. The van der Waals surface area contributed by atoms with Gasteiger partial charge in [-0.25, -0.2) is 5.32 Å². The van der Waals surface area contributed by atoms with Crippen LogP contribution in [0.5, 0.6) is 0 Å². The number of nitrogens with zero attached hydrogens (tertiary/aromatic N) is 3. The van der Waals surface area contributed by atoms with Crippen molar-refractivity contribution in [1.29, 1.82) is 0 Å². The molecule has 0 atom stereocenters. The molecule has 0 bridgehead atoms. The van der Waals surface area contributed by atoms with Gasteiger partial charge in [0.25, 0.3) is 0 Å². The highest BCUT2D eigenvalue weighted by atomic mass is 19.4. The average Bonchev–Trinajstić information content (AvgIpc) is 3.28. The number of unbranched alkanes of at least 4 members (excludes halogenated alkanes) is 5. The van der Waals surface area contributed by atoms with Gasteiger partial charge in [-0.1, -0.05) is 80.6 Å². The van der Waals surface area contributed by atoms with Gasteiger partial charge in [0.15, 0.2) is 5.82 Å². The summed E-state index contributed by atoms with van der Waals surface area (Å²) in [6.07, 6.45) is 5.57. The van der Waals surface area contributed by atoms with E-state index in [-0.39, 0.29) is 0 Å². The third kappa shape index (κ3) is 8.93. The Morgan fingerprint density at radius 3 is 1.97 bits per heavy atom. The Hall–Kier alpha value is -2.67. The molecule has 0 aliphatic carbocycles. The highest BCUT2D eigenvalue weighted by Gasteiger charge is 2.29. The van der Waals surface area contributed by atoms with E-state index in [4.69, 9.17) is 4.52 Å². The summed E-state index contributed by atoms with van der Waals surface area (Å²) in [5, 5.41) is 8.56. The van der Waals surface area contributed by atoms with E-state index in [1.54, 1.807) is 0 Å². The van der Waals surface area contributed by atoms with Crippen LogP contribution in [0.25, 0.3) is 0 Å². The fourth-order valence-corrected chi connectivity index (χ4v) is 3.73. The molecule has 2 aromatic carbocycles. The van der Waals surface area contributed by atoms with Crippen molar-refractivity contribution in [2.75, 3.05) is 0 Å². The molecule has 3 aromatic rings. The van der Waals surface area contributed by atoms with Crippen LogP contribution in [-0.2, 0) is 38.5 Å². The fourth-order valence-electron chi connectivity index (χ4n) is 3.73. The van der Waals surface area contributed by atoms with Crippen molar-refractivity contribution in [2.24, 2.45) is 0 Å². The summed E-state index contributed by atoms with van der Waals surface area (Å²) in [5.74, 6) is 1.48. The van der Waals surface area contributed by atoms with E-state index in [0.717, 1.165) is 48.3 Å². The van der Waals surface area contributed by atoms with E-state index in [1.165, 1.54) is 49.8 Å². The van der Waals surface area contributed by atoms with Crippen molar-refractivity contribution in [1.82, 2.24) is 15.5 Å². The summed E-state index contributed by atoms with van der Waals surface area (Å²) in [6, 6.07) is 13.3. The second-order valence-electron chi connectivity index (χ2n) is 8.67. The minimum Gasteiger partial charge on any atom is -0.339 e. The number of halogens is 3. The second-order valence-corrected chi connectivity index (χ2v) is 8.67. The van der Waals surface area contributed by atoms with Gasteiger partial charge in [-0.05, 0) is 41.7 Å². The molecule has 0 N–H and O–H groups in total. The van der Waals surface area contributed by atoms with Crippen LogP contribution in [0.4, 0.5) is 13.2 Å². The Morgan fingerprint density at radius 1 is 0.735 bits per heavy atom. The molecule has 3 rings (SSSR count). The summed E-state index contributed by atoms with van der Waals surface area (Å²) >= 11 is 0. The van der Waals surface area contributed by atoms with E-state index in [1.807, 2.05) is 12.1 Å². The standard InChI is InChI=1S/C27H33F3N3O/c1-2-3-4-5-6-7-8-25-32-26(34-33-25)18-15-21-9-11-22(12-10-21)19-31-20-23-13-16-24(17-14-23)27(28,29)30/h9-14,16-17H,2-8,15,18-20H2,1H3. The maximum Gasteiger partial charge on any atom is 0.416 e. The summed E-state index contributed by atoms with van der Waals surface area (Å²) in [5.41, 5.74) is 2.37. The topological polar surface area (TPSA) is 53.0 Å². The first-order valence-corrected chi connectivity index (χ1v) is 12.1. The Morgan fingerprint density at radius 2 is 1.32 bits per heavy atom. The molecule has 0 fully saturated rings. The number of aryl methyl sites for hydroxylation is 3. The molecule has 1 aromatic heterocycles. The van der Waals surface area contributed by atoms with Crippen molar-refractivity contribution in [3.63, 3.8) is 0 Å². The largest absolute Gasteiger partial charge is 0.416 e. The molecule has 0 spiro atoms. The van der Waals surface area contributed by atoms with Crippen molar-refractivity contribution in [2.45, 2.75) is 84.0 Å². The van der Waals surface area contributed by atoms with Crippen LogP contribution in [0.3, 0.4) is 0 Å². The van der Waals surface area contributed by atoms with Gasteiger partial charge in [0.05, 0.1) is 5.56 Å². The number of aromatic nitrogens is 2. The van der Waals surface area contributed by atoms with Gasteiger partial charge in [-0.15, -0.1) is 0 Å². The van der Waals surface area contributed by atoms with E-state index >= 15 is 0 Å². The van der Waals surface area contributed by atoms with E-state index in [0.29, 0.717) is 25.4 Å². The van der Waals surface area contributed by atoms with Crippen LogP contribution in [0.2, 0.25) is 0 Å². The molecule has 1 radical (unpaired) electrons. The first-order chi connectivity index (χ1) is 16.4. The molecule has 34 heavy (non-hydrogen) atoms. The lowest BCUT2D eigenvalue weighted by molar-refractivity contribution is -0.137. The monoisotopic (exact) mass is 472 g/mol. The highest BCUT2D eigenvalue weighted by molar-refractivity contribution is 5.25. The average molecular weight is 473 g/mol. The number of benzene rings is 2. The number of rotatable bonds is 14. The molecule has 4 nitrogen and oxygen atoms in total. The first-order valence-electron chi connectivity index (χ1n) is 12.1. The fraction of sp³-hybridized carbons (Fsp3) is 0.481. The lowest BCUT2D eigenvalue weighted by Crippen LogP contribution is -2.07. The van der Waals surface area contributed by atoms with Gasteiger partial charge in [0.2, 0.25) is 5.89 Å². The summed E-state index contributed by atoms with van der Waals surface area (Å²) in [6.45, 7) is 3.13. The molecular formula is C27H33F3N3O. The lowest BCUT2D eigenvalue weighted by Gasteiger charge is -2.08. The molecule has 0 aliphatic rings. The Kier molecular flexibility index (Phi) is 10.1. The molecule has 0 saturated heterocycles. The van der Waals surface area contributed by atoms with Crippen molar-refractivity contribution < 1.29 is 17.7 Å². The second kappa shape index (κ2) is 13.3. The van der Waals surface area contributed by atoms with Gasteiger partial charge < -0.3 is 4.52 Å². The van der Waals surface area contributed by atoms with Crippen LogP contribution in [0, 0.1) is 0 Å². The SMILES string of the molecule is CCCCCCCCc1noc(CCc2ccc(C[N]Cc3ccc(C(F)(F)F)cc3)cc2)n1. The van der Waals surface area contributed by atoms with E-state index < -0.39 is 11.7 Å². The zero-order valence-corrected chi connectivity index (χ0v) is 19.8. The van der Waals surface area contributed by atoms with E-state index in [9.17, 15) is 13.2 Å². The van der Waals surface area contributed by atoms with Gasteiger partial charge in [0, 0.05) is 25.9 Å². The molecule has 0 aliphatic heterocycles. The Balaban J connectivity index is 1.34. The van der Waals surface area contributed by atoms with Gasteiger partial charge in [-0.3, -0.25) is 0 Å². The Labute approximate surface area is 200 Å². The zero-order chi connectivity index (χ0) is 24.2. The summed E-state index contributed by atoms with van der Waals surface area (Å²) in [7, 11) is 0. The van der Waals surface area contributed by atoms with Crippen LogP contribution in [-0.4, -0.2) is 10.1 Å². The van der Waals surface area contributed by atoms with Gasteiger partial charge >= 0.3 is 6.18 Å². The van der Waals surface area contributed by atoms with Crippen LogP contribution < -0.4 is 5.32 Å². The third-order valence-corrected chi connectivity index (χ3v) is 5.78. The van der Waals surface area contributed by atoms with Crippen LogP contribution >= 0.6 is 0 Å². The maximum atomic E-state index is 12.6. The number of alkyl halides is 3. The van der Waals surface area contributed by atoms with Crippen LogP contribution in [0.15, 0.2) is 53.1 Å². The summed E-state index contributed by atoms with van der Waals surface area (Å²) in [4.78, 5) is 4.51. The smallest absolute Gasteiger partial charge is 0.339 e. The highest BCUT2D eigenvalue weighted by Crippen LogP contribution is 2.29. The minimum atomic E-state index is -4.31. The Bertz CT molecular complexity index is 966. The zero-order valence-electron chi connectivity index (χ0n) is 19.8. The quantitative estimate of drug-likeness (QED) is 0.236. The molecule has 0 amide bonds. The predicted octanol–water partition coefficient (Wildman–Crippen LogP) is 7.08.